The van der Waals surface area contributed by atoms with Gasteiger partial charge >= 0.3 is 0 Å². The van der Waals surface area contributed by atoms with Crippen LogP contribution in [0.15, 0.2) is 51.7 Å². The minimum atomic E-state index is -0.468. The monoisotopic (exact) mass is 506 g/mol. The summed E-state index contributed by atoms with van der Waals surface area (Å²) in [6.07, 6.45) is 1.58. The number of anilines is 1. The molecule has 1 aliphatic heterocycles. The third-order valence-electron chi connectivity index (χ3n) is 4.09. The first-order chi connectivity index (χ1) is 15.4. The zero-order chi connectivity index (χ0) is 22.7. The fraction of sp³-hybridized carbons (Fsp3) is 0.0500. The van der Waals surface area contributed by atoms with Gasteiger partial charge < -0.3 is 0 Å². The Labute approximate surface area is 198 Å². The Morgan fingerprint density at radius 2 is 1.97 bits per heavy atom. The zero-order valence-electron chi connectivity index (χ0n) is 15.9. The lowest BCUT2D eigenvalue weighted by Gasteiger charge is -2.02. The van der Waals surface area contributed by atoms with Gasteiger partial charge in [0.25, 0.3) is 17.1 Å². The molecule has 0 spiro atoms. The fourth-order valence-corrected chi connectivity index (χ4v) is 5.14. The van der Waals surface area contributed by atoms with Gasteiger partial charge in [-0.1, -0.05) is 52.9 Å². The van der Waals surface area contributed by atoms with Crippen LogP contribution in [0.2, 0.25) is 5.02 Å². The van der Waals surface area contributed by atoms with Crippen molar-refractivity contribution in [2.45, 2.75) is 10.1 Å². The van der Waals surface area contributed by atoms with E-state index in [-0.39, 0.29) is 10.9 Å². The first-order valence-electron chi connectivity index (χ1n) is 8.94. The molecule has 12 heteroatoms. The van der Waals surface area contributed by atoms with Crippen LogP contribution in [0.1, 0.15) is 21.5 Å². The SMILES string of the molecule is O=C1NC(=O)/C(=C/c2ccc(C(=O)Nc3nnc(SCc4ccc(F)c(Cl)c4)s3)cc2)S1. The quantitative estimate of drug-likeness (QED) is 0.269. The maximum Gasteiger partial charge on any atom is 0.290 e. The van der Waals surface area contributed by atoms with E-state index >= 15 is 0 Å². The molecule has 32 heavy (non-hydrogen) atoms. The second kappa shape index (κ2) is 9.82. The van der Waals surface area contributed by atoms with E-state index in [9.17, 15) is 18.8 Å². The number of nitrogens with one attached hydrogen (secondary N) is 2. The normalized spacial score (nSPS) is 14.6. The van der Waals surface area contributed by atoms with Crippen molar-refractivity contribution in [3.05, 3.63) is 74.9 Å². The standard InChI is InChI=1S/C20H12ClFN4O3S3/c21-13-7-11(3-6-14(13)22)9-30-20-26-25-18(32-20)23-16(27)12-4-1-10(2-5-12)8-15-17(28)24-19(29)31-15/h1-8H,9H2,(H,23,25,27)(H,24,28,29)/b15-8-. The van der Waals surface area contributed by atoms with E-state index in [4.69, 9.17) is 11.6 Å². The van der Waals surface area contributed by atoms with E-state index in [1.165, 1.54) is 29.2 Å². The van der Waals surface area contributed by atoms with Crippen molar-refractivity contribution in [1.29, 1.82) is 0 Å². The second-order valence-corrected chi connectivity index (χ2v) is 9.96. The van der Waals surface area contributed by atoms with Gasteiger partial charge in [-0.25, -0.2) is 4.39 Å². The zero-order valence-corrected chi connectivity index (χ0v) is 19.1. The number of imide groups is 1. The third kappa shape index (κ3) is 5.54. The Kier molecular flexibility index (Phi) is 6.89. The molecule has 0 atom stereocenters. The van der Waals surface area contributed by atoms with E-state index < -0.39 is 17.0 Å². The van der Waals surface area contributed by atoms with Gasteiger partial charge in [0.05, 0.1) is 9.93 Å². The number of benzene rings is 2. The van der Waals surface area contributed by atoms with Gasteiger partial charge in [-0.15, -0.1) is 10.2 Å². The molecular weight excluding hydrogens is 495 g/mol. The molecule has 1 fully saturated rings. The first kappa shape index (κ1) is 22.5. The van der Waals surface area contributed by atoms with Crippen molar-refractivity contribution < 1.29 is 18.8 Å². The molecule has 0 aliphatic carbocycles. The van der Waals surface area contributed by atoms with Gasteiger partial charge in [0.1, 0.15) is 5.82 Å². The highest BCUT2D eigenvalue weighted by atomic mass is 35.5. The van der Waals surface area contributed by atoms with Gasteiger partial charge in [0, 0.05) is 11.3 Å². The van der Waals surface area contributed by atoms with Crippen LogP contribution in [0.25, 0.3) is 6.08 Å². The van der Waals surface area contributed by atoms with E-state index in [1.807, 2.05) is 0 Å². The number of halogens is 2. The molecule has 0 saturated carbocycles. The number of nitrogens with zero attached hydrogens (tertiary/aromatic N) is 2. The van der Waals surface area contributed by atoms with Crippen molar-refractivity contribution in [3.8, 4) is 0 Å². The van der Waals surface area contributed by atoms with Gasteiger partial charge in [0.2, 0.25) is 5.13 Å². The number of hydrogen-bond acceptors (Lipinski definition) is 8. The summed E-state index contributed by atoms with van der Waals surface area (Å²) >= 11 is 9.23. The Hall–Kier alpha value is -2.73. The predicted octanol–water partition coefficient (Wildman–Crippen LogP) is 5.20. The van der Waals surface area contributed by atoms with E-state index in [1.54, 1.807) is 42.5 Å². The van der Waals surface area contributed by atoms with Crippen molar-refractivity contribution in [1.82, 2.24) is 15.5 Å². The lowest BCUT2D eigenvalue weighted by Crippen LogP contribution is -2.17. The van der Waals surface area contributed by atoms with Crippen LogP contribution in [0.3, 0.4) is 0 Å². The summed E-state index contributed by atoms with van der Waals surface area (Å²) in [6.45, 7) is 0. The number of carbonyl (C=O) groups is 3. The molecule has 0 unspecified atom stereocenters. The Morgan fingerprint density at radius 3 is 2.66 bits per heavy atom. The summed E-state index contributed by atoms with van der Waals surface area (Å²) in [5.41, 5.74) is 1.93. The average Bonchev–Trinajstić information content (AvgIpc) is 3.34. The molecule has 4 rings (SSSR count). The van der Waals surface area contributed by atoms with Crippen LogP contribution in [-0.2, 0) is 10.5 Å². The van der Waals surface area contributed by atoms with Gasteiger partial charge in [0.15, 0.2) is 4.34 Å². The topological polar surface area (TPSA) is 101 Å². The minimum absolute atomic E-state index is 0.0641. The first-order valence-corrected chi connectivity index (χ1v) is 11.9. The summed E-state index contributed by atoms with van der Waals surface area (Å²) in [6, 6.07) is 11.1. The summed E-state index contributed by atoms with van der Waals surface area (Å²) in [5.74, 6) is -0.731. The molecule has 3 aromatic rings. The van der Waals surface area contributed by atoms with Gasteiger partial charge in [-0.2, -0.15) is 0 Å². The molecule has 0 radical (unpaired) electrons. The Bertz CT molecular complexity index is 1250. The van der Waals surface area contributed by atoms with E-state index in [0.717, 1.165) is 17.3 Å². The second-order valence-electron chi connectivity index (χ2n) is 6.34. The maximum atomic E-state index is 13.2. The van der Waals surface area contributed by atoms with Crippen molar-refractivity contribution in [3.63, 3.8) is 0 Å². The molecule has 1 aromatic heterocycles. The van der Waals surface area contributed by atoms with Gasteiger partial charge in [-0.3, -0.25) is 25.0 Å². The molecule has 1 saturated heterocycles. The Balaban J connectivity index is 1.34. The Morgan fingerprint density at radius 1 is 1.19 bits per heavy atom. The number of rotatable bonds is 6. The number of aromatic nitrogens is 2. The van der Waals surface area contributed by atoms with Crippen LogP contribution in [0, 0.1) is 5.82 Å². The minimum Gasteiger partial charge on any atom is -0.296 e. The lowest BCUT2D eigenvalue weighted by atomic mass is 10.1. The largest absolute Gasteiger partial charge is 0.296 e. The molecule has 3 amide bonds. The van der Waals surface area contributed by atoms with Crippen molar-refractivity contribution >= 4 is 74.7 Å². The van der Waals surface area contributed by atoms with Crippen LogP contribution < -0.4 is 10.6 Å². The molecule has 2 N–H and O–H groups in total. The number of amides is 3. The number of hydrogen-bond donors (Lipinski definition) is 2. The highest BCUT2D eigenvalue weighted by molar-refractivity contribution is 8.18. The maximum absolute atomic E-state index is 13.2. The van der Waals surface area contributed by atoms with Crippen LogP contribution >= 0.6 is 46.5 Å². The fourth-order valence-electron chi connectivity index (χ4n) is 2.57. The molecule has 7 nitrogen and oxygen atoms in total. The summed E-state index contributed by atoms with van der Waals surface area (Å²) in [7, 11) is 0. The molecule has 1 aliphatic rings. The number of thioether (sulfide) groups is 2. The molecular formula is C20H12ClFN4O3S3. The highest BCUT2D eigenvalue weighted by Gasteiger charge is 2.24. The van der Waals surface area contributed by atoms with Crippen LogP contribution in [-0.4, -0.2) is 27.3 Å². The van der Waals surface area contributed by atoms with Crippen molar-refractivity contribution in [2.75, 3.05) is 5.32 Å². The third-order valence-corrected chi connectivity index (χ3v) is 7.23. The highest BCUT2D eigenvalue weighted by Crippen LogP contribution is 2.30. The van der Waals surface area contributed by atoms with Crippen LogP contribution in [0.4, 0.5) is 14.3 Å². The van der Waals surface area contributed by atoms with Gasteiger partial charge in [-0.05, 0) is 53.2 Å². The molecule has 2 aromatic carbocycles. The van der Waals surface area contributed by atoms with E-state index in [2.05, 4.69) is 20.8 Å². The predicted molar refractivity (Wildman–Crippen MR) is 124 cm³/mol. The summed E-state index contributed by atoms with van der Waals surface area (Å²) in [5, 5.41) is 12.9. The average molecular weight is 507 g/mol. The molecule has 2 heterocycles. The number of carbonyl (C=O) groups excluding carboxylic acids is 3. The van der Waals surface area contributed by atoms with E-state index in [0.29, 0.717) is 31.3 Å². The van der Waals surface area contributed by atoms with Crippen molar-refractivity contribution in [2.24, 2.45) is 0 Å². The molecule has 0 bridgehead atoms. The lowest BCUT2D eigenvalue weighted by molar-refractivity contribution is -0.115. The smallest absolute Gasteiger partial charge is 0.290 e. The summed E-state index contributed by atoms with van der Waals surface area (Å²) < 4.78 is 13.9. The van der Waals surface area contributed by atoms with Crippen LogP contribution in [0.5, 0.6) is 0 Å². The summed E-state index contributed by atoms with van der Waals surface area (Å²) in [4.78, 5) is 35.6. The molecule has 162 valence electrons.